The van der Waals surface area contributed by atoms with Gasteiger partial charge in [-0.05, 0) is 98.2 Å². The van der Waals surface area contributed by atoms with Crippen LogP contribution in [0.15, 0.2) is 57.7 Å². The molecule has 0 bridgehead atoms. The quantitative estimate of drug-likeness (QED) is 0.329. The fraction of sp³-hybridized carbons (Fsp3) is 0.276. The van der Waals surface area contributed by atoms with Gasteiger partial charge in [0.1, 0.15) is 17.9 Å². The van der Waals surface area contributed by atoms with E-state index in [1.54, 1.807) is 0 Å². The summed E-state index contributed by atoms with van der Waals surface area (Å²) in [5.74, 6) is 0.700. The van der Waals surface area contributed by atoms with Crippen LogP contribution >= 0.6 is 0 Å². The van der Waals surface area contributed by atoms with Crippen LogP contribution in [-0.4, -0.2) is 0 Å². The van der Waals surface area contributed by atoms with Crippen LogP contribution in [0.2, 0.25) is 0 Å². The van der Waals surface area contributed by atoms with Crippen LogP contribution in [0, 0.1) is 41.5 Å². The summed E-state index contributed by atoms with van der Waals surface area (Å²) < 4.78 is 11.9. The van der Waals surface area contributed by atoms with Gasteiger partial charge in [0, 0.05) is 23.4 Å². The summed E-state index contributed by atoms with van der Waals surface area (Å²) in [4.78, 5) is 12.7. The Balaban J connectivity index is 1.64. The van der Waals surface area contributed by atoms with Crippen molar-refractivity contribution in [3.8, 4) is 5.75 Å². The second-order valence-electron chi connectivity index (χ2n) is 8.71. The first-order valence-electron chi connectivity index (χ1n) is 11.1. The van der Waals surface area contributed by atoms with Gasteiger partial charge in [0.05, 0.1) is 0 Å². The molecule has 0 N–H and O–H groups in total. The Bertz CT molecular complexity index is 1330. The summed E-state index contributed by atoms with van der Waals surface area (Å²) in [5, 5.41) is 0.942. The molecule has 4 aromatic rings. The molecule has 1 heterocycles. The van der Waals surface area contributed by atoms with Gasteiger partial charge < -0.3 is 9.15 Å². The van der Waals surface area contributed by atoms with Gasteiger partial charge in [-0.3, -0.25) is 0 Å². The van der Waals surface area contributed by atoms with Gasteiger partial charge in [-0.2, -0.15) is 0 Å². The highest BCUT2D eigenvalue weighted by atomic mass is 16.5. The molecule has 1 aromatic heterocycles. The average molecular weight is 427 g/mol. The highest BCUT2D eigenvalue weighted by Crippen LogP contribution is 2.29. The van der Waals surface area contributed by atoms with Gasteiger partial charge in [0.2, 0.25) is 0 Å². The summed E-state index contributed by atoms with van der Waals surface area (Å²) in [6.45, 7) is 13.3. The lowest BCUT2D eigenvalue weighted by Gasteiger charge is -2.19. The standard InChI is InChI=1S/C29H30O3/c1-17-18(2)20(4)27(21(5)19(17)3)16-31-24-12-13-25-22(6)26(29(30)32-28(25)15-24)14-23-10-8-7-9-11-23/h7-13,15H,14,16H2,1-6H3. The Hall–Kier alpha value is -3.33. The van der Waals surface area contributed by atoms with Crippen LogP contribution in [0.4, 0.5) is 0 Å². The molecule has 0 saturated heterocycles. The van der Waals surface area contributed by atoms with Gasteiger partial charge in [-0.1, -0.05) is 30.3 Å². The molecule has 3 heteroatoms. The van der Waals surface area contributed by atoms with Crippen molar-refractivity contribution in [1.82, 2.24) is 0 Å². The van der Waals surface area contributed by atoms with E-state index in [2.05, 4.69) is 34.6 Å². The Morgan fingerprint density at radius 2 is 1.34 bits per heavy atom. The maximum Gasteiger partial charge on any atom is 0.340 e. The van der Waals surface area contributed by atoms with Crippen LogP contribution in [-0.2, 0) is 13.0 Å². The summed E-state index contributed by atoms with van der Waals surface area (Å²) >= 11 is 0. The van der Waals surface area contributed by atoms with Crippen molar-refractivity contribution in [2.45, 2.75) is 54.6 Å². The number of hydrogen-bond donors (Lipinski definition) is 0. The van der Waals surface area contributed by atoms with Crippen molar-refractivity contribution in [3.05, 3.63) is 109 Å². The molecular formula is C29H30O3. The second kappa shape index (κ2) is 8.66. The zero-order valence-corrected chi connectivity index (χ0v) is 19.8. The Morgan fingerprint density at radius 1 is 0.719 bits per heavy atom. The first kappa shape index (κ1) is 21.9. The predicted molar refractivity (Wildman–Crippen MR) is 131 cm³/mol. The fourth-order valence-corrected chi connectivity index (χ4v) is 4.42. The molecule has 0 amide bonds. The first-order chi connectivity index (χ1) is 15.3. The van der Waals surface area contributed by atoms with Crippen molar-refractivity contribution in [1.29, 1.82) is 0 Å². The zero-order chi connectivity index (χ0) is 23.0. The number of ether oxygens (including phenoxy) is 1. The van der Waals surface area contributed by atoms with E-state index in [1.165, 1.54) is 33.4 Å². The third kappa shape index (κ3) is 3.95. The first-order valence-corrected chi connectivity index (χ1v) is 11.1. The lowest BCUT2D eigenvalue weighted by Crippen LogP contribution is -2.11. The lowest BCUT2D eigenvalue weighted by atomic mass is 9.90. The monoisotopic (exact) mass is 426 g/mol. The van der Waals surface area contributed by atoms with Crippen LogP contribution in [0.5, 0.6) is 5.75 Å². The van der Waals surface area contributed by atoms with Gasteiger partial charge >= 0.3 is 5.63 Å². The minimum absolute atomic E-state index is 0.285. The number of fused-ring (bicyclic) bond motifs is 1. The Labute approximate surface area is 189 Å². The maximum absolute atomic E-state index is 12.7. The molecule has 0 unspecified atom stereocenters. The van der Waals surface area contributed by atoms with Gasteiger partial charge in [-0.25, -0.2) is 4.79 Å². The van der Waals surface area contributed by atoms with Crippen LogP contribution in [0.25, 0.3) is 11.0 Å². The van der Waals surface area contributed by atoms with Crippen molar-refractivity contribution in [2.75, 3.05) is 0 Å². The lowest BCUT2D eigenvalue weighted by molar-refractivity contribution is 0.304. The molecule has 164 valence electrons. The third-order valence-electron chi connectivity index (χ3n) is 7.02. The van der Waals surface area contributed by atoms with Crippen LogP contribution < -0.4 is 10.4 Å². The average Bonchev–Trinajstić information content (AvgIpc) is 2.79. The van der Waals surface area contributed by atoms with E-state index >= 15 is 0 Å². The molecule has 0 atom stereocenters. The molecular weight excluding hydrogens is 396 g/mol. The van der Waals surface area contributed by atoms with E-state index in [9.17, 15) is 4.79 Å². The van der Waals surface area contributed by atoms with Crippen molar-refractivity contribution in [3.63, 3.8) is 0 Å². The Kier molecular flexibility index (Phi) is 5.92. The SMILES string of the molecule is Cc1c(C)c(C)c(COc2ccc3c(C)c(Cc4ccccc4)c(=O)oc3c2)c(C)c1C. The molecule has 0 aliphatic carbocycles. The molecule has 4 rings (SSSR count). The number of aryl methyl sites for hydroxylation is 1. The topological polar surface area (TPSA) is 39.4 Å². The summed E-state index contributed by atoms with van der Waals surface area (Å²) in [6, 6.07) is 15.8. The molecule has 0 spiro atoms. The van der Waals surface area contributed by atoms with Crippen molar-refractivity contribution in [2.24, 2.45) is 0 Å². The highest BCUT2D eigenvalue weighted by Gasteiger charge is 2.15. The van der Waals surface area contributed by atoms with E-state index in [1.807, 2.05) is 55.5 Å². The molecule has 0 fully saturated rings. The summed E-state index contributed by atoms with van der Waals surface area (Å²) in [5.41, 5.74) is 10.8. The smallest absolute Gasteiger partial charge is 0.340 e. The summed E-state index contributed by atoms with van der Waals surface area (Å²) in [7, 11) is 0. The maximum atomic E-state index is 12.7. The predicted octanol–water partition coefficient (Wildman–Crippen LogP) is 6.81. The second-order valence-corrected chi connectivity index (χ2v) is 8.71. The minimum Gasteiger partial charge on any atom is -0.489 e. The number of benzene rings is 3. The normalized spacial score (nSPS) is 11.2. The van der Waals surface area contributed by atoms with Crippen molar-refractivity contribution < 1.29 is 9.15 Å². The summed E-state index contributed by atoms with van der Waals surface area (Å²) in [6.07, 6.45) is 0.563. The molecule has 0 aliphatic rings. The van der Waals surface area contributed by atoms with Gasteiger partial charge in [0.25, 0.3) is 0 Å². The molecule has 3 nitrogen and oxygen atoms in total. The van der Waals surface area contributed by atoms with E-state index in [0.717, 1.165) is 16.5 Å². The fourth-order valence-electron chi connectivity index (χ4n) is 4.42. The zero-order valence-electron chi connectivity index (χ0n) is 19.8. The number of rotatable bonds is 5. The molecule has 0 aliphatic heterocycles. The van der Waals surface area contributed by atoms with Gasteiger partial charge in [0.15, 0.2) is 0 Å². The van der Waals surface area contributed by atoms with E-state index in [4.69, 9.17) is 9.15 Å². The molecule has 0 radical (unpaired) electrons. The van der Waals surface area contributed by atoms with Crippen LogP contribution in [0.3, 0.4) is 0 Å². The van der Waals surface area contributed by atoms with Gasteiger partial charge in [-0.15, -0.1) is 0 Å². The molecule has 0 saturated carbocycles. The largest absolute Gasteiger partial charge is 0.489 e. The Morgan fingerprint density at radius 3 is 2.00 bits per heavy atom. The minimum atomic E-state index is -0.285. The van der Waals surface area contributed by atoms with E-state index in [-0.39, 0.29) is 5.63 Å². The van der Waals surface area contributed by atoms with Crippen LogP contribution in [0.1, 0.15) is 50.1 Å². The molecule has 3 aromatic carbocycles. The van der Waals surface area contributed by atoms with Crippen molar-refractivity contribution >= 4 is 11.0 Å². The molecule has 32 heavy (non-hydrogen) atoms. The highest BCUT2D eigenvalue weighted by molar-refractivity contribution is 5.82. The third-order valence-corrected chi connectivity index (χ3v) is 7.02. The van der Waals surface area contributed by atoms with E-state index < -0.39 is 0 Å². The van der Waals surface area contributed by atoms with E-state index in [0.29, 0.717) is 29.9 Å². The number of hydrogen-bond acceptors (Lipinski definition) is 3.